The maximum atomic E-state index is 14.0. The topological polar surface area (TPSA) is 86.3 Å². The van der Waals surface area contributed by atoms with E-state index in [4.69, 9.17) is 18.9 Å². The molecule has 1 saturated heterocycles. The summed E-state index contributed by atoms with van der Waals surface area (Å²) < 4.78 is 20.2. The van der Waals surface area contributed by atoms with Gasteiger partial charge in [0.05, 0.1) is 29.5 Å². The number of hydrogen-bond donors (Lipinski definition) is 0. The highest BCUT2D eigenvalue weighted by Gasteiger charge is 2.36. The van der Waals surface area contributed by atoms with Gasteiger partial charge in [-0.15, -0.1) is 0 Å². The zero-order valence-electron chi connectivity index (χ0n) is 23.1. The highest BCUT2D eigenvalue weighted by molar-refractivity contribution is 9.10. The molecule has 1 fully saturated rings. The van der Waals surface area contributed by atoms with Gasteiger partial charge in [-0.1, -0.05) is 53.5 Å². The Morgan fingerprint density at radius 1 is 1.18 bits per heavy atom. The Labute approximate surface area is 245 Å². The summed E-state index contributed by atoms with van der Waals surface area (Å²) in [6.45, 7) is 5.96. The van der Waals surface area contributed by atoms with Crippen LogP contribution in [0.25, 0.3) is 6.08 Å². The van der Waals surface area contributed by atoms with Crippen LogP contribution in [-0.4, -0.2) is 37.3 Å². The van der Waals surface area contributed by atoms with E-state index in [0.717, 1.165) is 42.7 Å². The third-order valence-electron chi connectivity index (χ3n) is 7.18. The van der Waals surface area contributed by atoms with E-state index in [1.807, 2.05) is 37.3 Å². The van der Waals surface area contributed by atoms with Gasteiger partial charge in [0.2, 0.25) is 0 Å². The zero-order valence-corrected chi connectivity index (χ0v) is 25.5. The highest BCUT2D eigenvalue weighted by Crippen LogP contribution is 2.38. The molecule has 2 aliphatic heterocycles. The van der Waals surface area contributed by atoms with Crippen LogP contribution >= 0.6 is 27.3 Å². The molecule has 40 heavy (non-hydrogen) atoms. The van der Waals surface area contributed by atoms with Crippen LogP contribution in [-0.2, 0) is 9.53 Å². The number of thiazole rings is 1. The molecule has 1 atom stereocenters. The Morgan fingerprint density at radius 3 is 2.65 bits per heavy atom. The van der Waals surface area contributed by atoms with Gasteiger partial charge in [-0.05, 0) is 50.5 Å². The van der Waals surface area contributed by atoms with Crippen molar-refractivity contribution >= 4 is 45.2 Å². The highest BCUT2D eigenvalue weighted by atomic mass is 79.9. The molecule has 0 N–H and O–H groups in total. The molecule has 4 heterocycles. The summed E-state index contributed by atoms with van der Waals surface area (Å²) in [5, 5.41) is 0. The number of anilines is 1. The van der Waals surface area contributed by atoms with Gasteiger partial charge in [0.15, 0.2) is 10.7 Å². The van der Waals surface area contributed by atoms with Crippen molar-refractivity contribution in [3.63, 3.8) is 0 Å². The van der Waals surface area contributed by atoms with Crippen LogP contribution in [0.15, 0.2) is 60.3 Å². The van der Waals surface area contributed by atoms with Crippen LogP contribution in [0.5, 0.6) is 5.75 Å². The number of carbonyl (C=O) groups is 1. The van der Waals surface area contributed by atoms with E-state index in [9.17, 15) is 9.59 Å². The van der Waals surface area contributed by atoms with Crippen molar-refractivity contribution < 1.29 is 18.7 Å². The summed E-state index contributed by atoms with van der Waals surface area (Å²) in [5.74, 6) is 1.52. The summed E-state index contributed by atoms with van der Waals surface area (Å²) in [6, 6.07) is 8.70. The van der Waals surface area contributed by atoms with Gasteiger partial charge in [0.25, 0.3) is 5.56 Å². The Kier molecular flexibility index (Phi) is 8.95. The van der Waals surface area contributed by atoms with Crippen molar-refractivity contribution in [2.24, 2.45) is 4.99 Å². The van der Waals surface area contributed by atoms with Crippen LogP contribution in [0.1, 0.15) is 69.7 Å². The lowest BCUT2D eigenvalue weighted by molar-refractivity contribution is -0.139. The van der Waals surface area contributed by atoms with Crippen molar-refractivity contribution in [1.29, 1.82) is 0 Å². The first kappa shape index (κ1) is 28.4. The monoisotopic (exact) mass is 627 g/mol. The van der Waals surface area contributed by atoms with E-state index in [-0.39, 0.29) is 12.2 Å². The fourth-order valence-electron chi connectivity index (χ4n) is 5.34. The van der Waals surface area contributed by atoms with Crippen molar-refractivity contribution in [2.45, 2.75) is 58.4 Å². The van der Waals surface area contributed by atoms with Crippen LogP contribution < -0.4 is 24.5 Å². The molecule has 212 valence electrons. The second-order valence-corrected chi connectivity index (χ2v) is 11.8. The van der Waals surface area contributed by atoms with Crippen LogP contribution in [0.2, 0.25) is 0 Å². The summed E-state index contributed by atoms with van der Waals surface area (Å²) >= 11 is 4.85. The normalized spacial score (nSPS) is 17.9. The van der Waals surface area contributed by atoms with Crippen LogP contribution in [0.4, 0.5) is 5.88 Å². The molecule has 10 heteroatoms. The number of aromatic nitrogens is 1. The smallest absolute Gasteiger partial charge is 0.338 e. The Balaban J connectivity index is 1.67. The number of allylic oxidation sites excluding steroid dienone is 1. The predicted molar refractivity (Wildman–Crippen MR) is 160 cm³/mol. The fourth-order valence-corrected chi connectivity index (χ4v) is 6.72. The number of methoxy groups -OCH3 is 1. The maximum Gasteiger partial charge on any atom is 0.338 e. The van der Waals surface area contributed by atoms with E-state index in [0.29, 0.717) is 44.1 Å². The molecule has 3 aromatic rings. The van der Waals surface area contributed by atoms with E-state index in [2.05, 4.69) is 20.8 Å². The van der Waals surface area contributed by atoms with Crippen molar-refractivity contribution in [1.82, 2.24) is 4.57 Å². The average molecular weight is 629 g/mol. The number of esters is 1. The summed E-state index contributed by atoms with van der Waals surface area (Å²) in [6.07, 6.45) is 7.90. The van der Waals surface area contributed by atoms with E-state index in [1.54, 1.807) is 24.7 Å². The van der Waals surface area contributed by atoms with Gasteiger partial charge in [-0.3, -0.25) is 9.36 Å². The molecule has 0 unspecified atom stereocenters. The summed E-state index contributed by atoms with van der Waals surface area (Å²) in [4.78, 5) is 35.1. The number of fused-ring (bicyclic) bond motifs is 1. The minimum Gasteiger partial charge on any atom is -0.496 e. The number of furan rings is 1. The molecule has 1 aromatic carbocycles. The second kappa shape index (κ2) is 12.6. The van der Waals surface area contributed by atoms with Gasteiger partial charge < -0.3 is 18.8 Å². The van der Waals surface area contributed by atoms with Gasteiger partial charge in [-0.25, -0.2) is 9.79 Å². The lowest BCUT2D eigenvalue weighted by Gasteiger charge is -2.27. The number of nitrogens with zero attached hydrogens (tertiary/aromatic N) is 3. The quantitative estimate of drug-likeness (QED) is 0.314. The Hall–Kier alpha value is -3.11. The minimum atomic E-state index is -0.754. The third-order valence-corrected chi connectivity index (χ3v) is 8.66. The first-order chi connectivity index (χ1) is 19.4. The molecular formula is C30H34BrN3O5S. The SMILES string of the molecule is CCCC1=C(C(=O)OCC)[C@@H](c2cc(Br)ccc2OC)n2c(s/c(=C/c3ccc(N4CCCCCC4)o3)c2=O)=N1. The number of benzene rings is 1. The molecular weight excluding hydrogens is 594 g/mol. The number of carbonyl (C=O) groups excluding carboxylic acids is 1. The lowest BCUT2D eigenvalue weighted by atomic mass is 9.93. The standard InChI is InChI=1S/C30H34BrN3O5S/c1-4-10-22-26(29(36)38-5-2)27(21-17-19(31)11-13-23(21)37-3)34-28(35)24(40-30(34)32-22)18-20-12-14-25(39-20)33-15-8-6-7-9-16-33/h11-14,17-18,27H,4-10,15-16H2,1-3H3/b24-18+/t27-/m1/s1. The molecule has 0 amide bonds. The molecule has 0 saturated carbocycles. The third kappa shape index (κ3) is 5.69. The van der Waals surface area contributed by atoms with Gasteiger partial charge in [-0.2, -0.15) is 0 Å². The molecule has 0 aliphatic carbocycles. The number of halogens is 1. The number of ether oxygens (including phenoxy) is 2. The van der Waals surface area contributed by atoms with Gasteiger partial charge >= 0.3 is 5.97 Å². The molecule has 0 bridgehead atoms. The van der Waals surface area contributed by atoms with E-state index < -0.39 is 12.0 Å². The first-order valence-electron chi connectivity index (χ1n) is 13.8. The Bertz CT molecular complexity index is 1590. The number of hydrogen-bond acceptors (Lipinski definition) is 8. The summed E-state index contributed by atoms with van der Waals surface area (Å²) in [7, 11) is 1.58. The van der Waals surface area contributed by atoms with Gasteiger partial charge in [0, 0.05) is 35.3 Å². The van der Waals surface area contributed by atoms with E-state index in [1.165, 1.54) is 24.2 Å². The van der Waals surface area contributed by atoms with Crippen molar-refractivity contribution in [3.8, 4) is 5.75 Å². The molecule has 2 aliphatic rings. The Morgan fingerprint density at radius 2 is 1.95 bits per heavy atom. The van der Waals surface area contributed by atoms with Crippen molar-refractivity contribution in [3.05, 3.63) is 77.1 Å². The first-order valence-corrected chi connectivity index (χ1v) is 15.5. The fraction of sp³-hybridized carbons (Fsp3) is 0.433. The van der Waals surface area contributed by atoms with Crippen molar-refractivity contribution in [2.75, 3.05) is 31.7 Å². The maximum absolute atomic E-state index is 14.0. The van der Waals surface area contributed by atoms with E-state index >= 15 is 0 Å². The lowest BCUT2D eigenvalue weighted by Crippen LogP contribution is -2.40. The molecule has 8 nitrogen and oxygen atoms in total. The zero-order chi connectivity index (χ0) is 28.2. The summed E-state index contributed by atoms with van der Waals surface area (Å²) in [5.41, 5.74) is 1.42. The number of rotatable bonds is 8. The molecule has 2 aromatic heterocycles. The predicted octanol–water partition coefficient (Wildman–Crippen LogP) is 5.32. The van der Waals surface area contributed by atoms with Gasteiger partial charge in [0.1, 0.15) is 17.6 Å². The van der Waals surface area contributed by atoms with Crippen LogP contribution in [0.3, 0.4) is 0 Å². The minimum absolute atomic E-state index is 0.215. The van der Waals surface area contributed by atoms with Crippen LogP contribution in [0, 0.1) is 0 Å². The second-order valence-electron chi connectivity index (χ2n) is 9.88. The molecule has 0 radical (unpaired) electrons. The molecule has 5 rings (SSSR count). The molecule has 0 spiro atoms. The average Bonchev–Trinajstić information content (AvgIpc) is 3.41. The largest absolute Gasteiger partial charge is 0.496 e.